The lowest BCUT2D eigenvalue weighted by Crippen LogP contribution is -2.59. The highest BCUT2D eigenvalue weighted by atomic mass is 16.4. The minimum absolute atomic E-state index is 0.0604. The first-order valence-corrected chi connectivity index (χ1v) is 10.7. The molecule has 0 radical (unpaired) electrons. The van der Waals surface area contributed by atoms with Crippen molar-refractivity contribution >= 4 is 35.6 Å². The topological polar surface area (TPSA) is 225 Å². The lowest BCUT2D eigenvalue weighted by molar-refractivity contribution is -0.147. The molecule has 0 fully saturated rings. The molecule has 192 valence electrons. The molecule has 1 aromatic rings. The number of aliphatic carboxylic acids is 3. The van der Waals surface area contributed by atoms with Gasteiger partial charge < -0.3 is 37.0 Å². The predicted octanol–water partition coefficient (Wildman–Crippen LogP) is -1.30. The van der Waals surface area contributed by atoms with Crippen LogP contribution in [0.2, 0.25) is 0 Å². The van der Waals surface area contributed by atoms with Crippen LogP contribution in [0.4, 0.5) is 0 Å². The van der Waals surface area contributed by atoms with E-state index in [9.17, 15) is 33.9 Å². The first kappa shape index (κ1) is 29.0. The molecule has 8 N–H and O–H groups in total. The van der Waals surface area contributed by atoms with Crippen LogP contribution in [0.3, 0.4) is 0 Å². The molecule has 0 aliphatic heterocycles. The van der Waals surface area contributed by atoms with Crippen LogP contribution in [0.25, 0.3) is 0 Å². The van der Waals surface area contributed by atoms with Crippen LogP contribution >= 0.6 is 0 Å². The second kappa shape index (κ2) is 13.6. The molecular weight excluding hydrogens is 464 g/mol. The average Bonchev–Trinajstić information content (AvgIpc) is 2.75. The Labute approximate surface area is 201 Å². The Balaban J connectivity index is 3.10. The first-order valence-electron chi connectivity index (χ1n) is 10.7. The lowest BCUT2D eigenvalue weighted by Gasteiger charge is -2.27. The van der Waals surface area contributed by atoms with E-state index in [0.717, 1.165) is 0 Å². The average molecular weight is 495 g/mol. The minimum atomic E-state index is -1.73. The molecule has 0 heterocycles. The van der Waals surface area contributed by atoms with Crippen LogP contribution in [-0.2, 0) is 35.2 Å². The summed E-state index contributed by atoms with van der Waals surface area (Å²) in [6, 6.07) is 2.82. The minimum Gasteiger partial charge on any atom is -0.481 e. The molecular formula is C22H30N4O9. The van der Waals surface area contributed by atoms with Gasteiger partial charge in [0.2, 0.25) is 17.7 Å². The highest BCUT2D eigenvalue weighted by molar-refractivity contribution is 5.95. The molecule has 3 amide bonds. The SMILES string of the molecule is CC(C)[C@H](NC(=O)[C@@H](N)CC(=O)O)C(=O)N[C@@H](Cc1ccccc1)C(=O)N[C@@H](CC(=O)O)C(=O)O. The number of rotatable bonds is 14. The molecule has 35 heavy (non-hydrogen) atoms. The fraction of sp³-hybridized carbons (Fsp3) is 0.455. The third-order valence-electron chi connectivity index (χ3n) is 4.89. The van der Waals surface area contributed by atoms with E-state index in [1.165, 1.54) is 0 Å². The molecule has 0 aromatic heterocycles. The van der Waals surface area contributed by atoms with Crippen LogP contribution in [0, 0.1) is 5.92 Å². The molecule has 0 saturated heterocycles. The van der Waals surface area contributed by atoms with E-state index in [0.29, 0.717) is 5.56 Å². The molecule has 13 nitrogen and oxygen atoms in total. The molecule has 4 atom stereocenters. The largest absolute Gasteiger partial charge is 0.481 e. The summed E-state index contributed by atoms with van der Waals surface area (Å²) in [7, 11) is 0. The summed E-state index contributed by atoms with van der Waals surface area (Å²) in [5.74, 6) is -7.41. The maximum atomic E-state index is 13.0. The van der Waals surface area contributed by atoms with Gasteiger partial charge in [0.15, 0.2) is 0 Å². The normalized spacial score (nSPS) is 14.2. The summed E-state index contributed by atoms with van der Waals surface area (Å²) in [5, 5.41) is 33.9. The zero-order chi connectivity index (χ0) is 26.7. The van der Waals surface area contributed by atoms with Crippen LogP contribution in [0.15, 0.2) is 30.3 Å². The van der Waals surface area contributed by atoms with Gasteiger partial charge in [0, 0.05) is 6.42 Å². The number of carboxylic acid groups (broad SMARTS) is 3. The van der Waals surface area contributed by atoms with E-state index in [2.05, 4.69) is 16.0 Å². The van der Waals surface area contributed by atoms with Gasteiger partial charge in [0.25, 0.3) is 0 Å². The Hall–Kier alpha value is -4.00. The quantitative estimate of drug-likeness (QED) is 0.162. The molecule has 13 heteroatoms. The monoisotopic (exact) mass is 494 g/mol. The first-order chi connectivity index (χ1) is 16.3. The maximum absolute atomic E-state index is 13.0. The van der Waals surface area contributed by atoms with Crippen molar-refractivity contribution in [3.63, 3.8) is 0 Å². The van der Waals surface area contributed by atoms with Gasteiger partial charge in [-0.15, -0.1) is 0 Å². The number of amides is 3. The van der Waals surface area contributed by atoms with Crippen molar-refractivity contribution in [2.45, 2.75) is 57.3 Å². The fourth-order valence-electron chi connectivity index (χ4n) is 3.04. The van der Waals surface area contributed by atoms with Gasteiger partial charge in [-0.2, -0.15) is 0 Å². The molecule has 0 saturated carbocycles. The summed E-state index contributed by atoms with van der Waals surface area (Å²) in [6.07, 6.45) is -1.59. The van der Waals surface area contributed by atoms with Gasteiger partial charge in [0.05, 0.1) is 18.9 Å². The van der Waals surface area contributed by atoms with E-state index >= 15 is 0 Å². The van der Waals surface area contributed by atoms with Crippen molar-refractivity contribution in [1.29, 1.82) is 0 Å². The van der Waals surface area contributed by atoms with E-state index in [1.807, 2.05) is 0 Å². The number of nitrogens with one attached hydrogen (secondary N) is 3. The number of hydrogen-bond acceptors (Lipinski definition) is 7. The van der Waals surface area contributed by atoms with Crippen LogP contribution in [0.5, 0.6) is 0 Å². The Morgan fingerprint density at radius 3 is 1.80 bits per heavy atom. The summed E-state index contributed by atoms with van der Waals surface area (Å²) < 4.78 is 0. The second-order valence-corrected chi connectivity index (χ2v) is 8.18. The second-order valence-electron chi connectivity index (χ2n) is 8.18. The molecule has 0 unspecified atom stereocenters. The highest BCUT2D eigenvalue weighted by Gasteiger charge is 2.32. The summed E-state index contributed by atoms with van der Waals surface area (Å²) >= 11 is 0. The zero-order valence-electron chi connectivity index (χ0n) is 19.3. The van der Waals surface area contributed by atoms with Crippen LogP contribution in [-0.4, -0.2) is 75.1 Å². The summed E-state index contributed by atoms with van der Waals surface area (Å²) in [4.78, 5) is 71.2. The Morgan fingerprint density at radius 2 is 1.31 bits per heavy atom. The van der Waals surface area contributed by atoms with Gasteiger partial charge in [-0.1, -0.05) is 44.2 Å². The number of carbonyl (C=O) groups excluding carboxylic acids is 3. The molecule has 0 spiro atoms. The van der Waals surface area contributed by atoms with Crippen molar-refractivity contribution in [2.75, 3.05) is 0 Å². The Bertz CT molecular complexity index is 936. The van der Waals surface area contributed by atoms with Crippen LogP contribution in [0.1, 0.15) is 32.3 Å². The van der Waals surface area contributed by atoms with Gasteiger partial charge in [-0.25, -0.2) is 4.79 Å². The van der Waals surface area contributed by atoms with E-state index < -0.39 is 78.6 Å². The fourth-order valence-corrected chi connectivity index (χ4v) is 3.04. The number of hydrogen-bond donors (Lipinski definition) is 7. The summed E-state index contributed by atoms with van der Waals surface area (Å²) in [5.41, 5.74) is 6.17. The van der Waals surface area contributed by atoms with Crippen molar-refractivity contribution in [1.82, 2.24) is 16.0 Å². The molecule has 0 bridgehead atoms. The molecule has 0 aliphatic carbocycles. The number of carboxylic acids is 3. The standard InChI is InChI=1S/C22H30N4O9/c1-11(2)18(26-19(31)13(23)9-16(27)28)21(33)24-14(8-12-6-4-3-5-7-12)20(32)25-15(22(34)35)10-17(29)30/h3-7,11,13-15,18H,8-10,23H2,1-2H3,(H,24,33)(H,25,32)(H,26,31)(H,27,28)(H,29,30)(H,34,35)/t13-,14-,15-,18-/m0/s1. The lowest BCUT2D eigenvalue weighted by atomic mass is 10.00. The number of nitrogens with two attached hydrogens (primary N) is 1. The molecule has 0 aliphatic rings. The van der Waals surface area contributed by atoms with Gasteiger partial charge in [0.1, 0.15) is 18.1 Å². The smallest absolute Gasteiger partial charge is 0.326 e. The van der Waals surface area contributed by atoms with E-state index in [-0.39, 0.29) is 6.42 Å². The summed E-state index contributed by atoms with van der Waals surface area (Å²) in [6.45, 7) is 3.21. The maximum Gasteiger partial charge on any atom is 0.326 e. The Morgan fingerprint density at radius 1 is 0.771 bits per heavy atom. The van der Waals surface area contributed by atoms with Crippen molar-refractivity contribution in [3.05, 3.63) is 35.9 Å². The van der Waals surface area contributed by atoms with E-state index in [4.69, 9.17) is 15.9 Å². The van der Waals surface area contributed by atoms with Crippen molar-refractivity contribution in [3.8, 4) is 0 Å². The van der Waals surface area contributed by atoms with Crippen molar-refractivity contribution in [2.24, 2.45) is 11.7 Å². The van der Waals surface area contributed by atoms with E-state index in [1.54, 1.807) is 44.2 Å². The third-order valence-corrected chi connectivity index (χ3v) is 4.89. The van der Waals surface area contributed by atoms with Crippen LogP contribution < -0.4 is 21.7 Å². The van der Waals surface area contributed by atoms with Crippen molar-refractivity contribution < 1.29 is 44.1 Å². The number of carbonyl (C=O) groups is 6. The van der Waals surface area contributed by atoms with Gasteiger partial charge >= 0.3 is 17.9 Å². The third kappa shape index (κ3) is 10.2. The Kier molecular flexibility index (Phi) is 11.3. The predicted molar refractivity (Wildman–Crippen MR) is 121 cm³/mol. The zero-order valence-corrected chi connectivity index (χ0v) is 19.3. The number of benzene rings is 1. The highest BCUT2D eigenvalue weighted by Crippen LogP contribution is 2.08. The van der Waals surface area contributed by atoms with Gasteiger partial charge in [-0.05, 0) is 11.5 Å². The molecule has 1 aromatic carbocycles. The molecule has 1 rings (SSSR count). The van der Waals surface area contributed by atoms with Gasteiger partial charge in [-0.3, -0.25) is 24.0 Å².